The number of hydrogen-bond donors (Lipinski definition) is 0. The molecule has 0 N–H and O–H groups in total. The minimum Gasteiger partial charge on any atom is -0.298 e. The molecule has 2 heteroatoms. The maximum atomic E-state index is 10.5. The zero-order chi connectivity index (χ0) is 9.14. The highest BCUT2D eigenvalue weighted by Crippen LogP contribution is 1.99. The van der Waals surface area contributed by atoms with Crippen LogP contribution in [0.2, 0.25) is 0 Å². The Hall–Kier alpha value is -1.44. The zero-order valence-electron chi connectivity index (χ0n) is 7.13. The maximum Gasteiger partial charge on any atom is 0.150 e. The Labute approximate surface area is 61.3 Å². The fourth-order valence-electron chi connectivity index (χ4n) is 0.646. The molecule has 0 aromatic heterocycles. The molecule has 0 spiro atoms. The molecular weight excluding hydrogens is 128 g/mol. The predicted octanol–water partition coefficient (Wildman–Crippen LogP) is 1.31. The van der Waals surface area contributed by atoms with Crippen LogP contribution in [0.5, 0.6) is 0 Å². The third kappa shape index (κ3) is 1.29. The van der Waals surface area contributed by atoms with E-state index in [9.17, 15) is 9.59 Å². The van der Waals surface area contributed by atoms with Gasteiger partial charge in [-0.3, -0.25) is 9.59 Å². The summed E-state index contributed by atoms with van der Waals surface area (Å²) >= 11 is 0. The molecule has 0 saturated heterocycles. The van der Waals surface area contributed by atoms with Crippen molar-refractivity contribution in [2.75, 3.05) is 0 Å². The molecule has 1 aromatic carbocycles. The second-order valence-electron chi connectivity index (χ2n) is 1.78. The van der Waals surface area contributed by atoms with E-state index in [2.05, 4.69) is 0 Å². The number of rotatable bonds is 2. The first-order chi connectivity index (χ1) is 5.61. The van der Waals surface area contributed by atoms with Gasteiger partial charge >= 0.3 is 0 Å². The SMILES string of the molecule is [2H]C(=O)c1cccc(C([2H])=O)c1. The molecule has 1 aromatic rings. The summed E-state index contributed by atoms with van der Waals surface area (Å²) in [6.45, 7) is 0. The molecule has 0 aliphatic carbocycles. The third-order valence-electron chi connectivity index (χ3n) is 1.10. The van der Waals surface area contributed by atoms with E-state index < -0.39 is 12.5 Å². The van der Waals surface area contributed by atoms with Crippen molar-refractivity contribution in [2.24, 2.45) is 0 Å². The van der Waals surface area contributed by atoms with E-state index >= 15 is 0 Å². The van der Waals surface area contributed by atoms with E-state index in [-0.39, 0.29) is 11.1 Å². The number of aldehydes is 2. The molecule has 0 heterocycles. The molecular formula is C8H6O2. The minimum absolute atomic E-state index is 0.133. The fraction of sp³-hybridized carbons (Fsp3) is 0. The van der Waals surface area contributed by atoms with Gasteiger partial charge in [-0.1, -0.05) is 18.2 Å². The highest BCUT2D eigenvalue weighted by molar-refractivity contribution is 5.81. The lowest BCUT2D eigenvalue weighted by Crippen LogP contribution is -1.82. The fourth-order valence-corrected chi connectivity index (χ4v) is 0.646. The quantitative estimate of drug-likeness (QED) is 0.574. The predicted molar refractivity (Wildman–Crippen MR) is 37.2 cm³/mol. The Kier molecular flexibility index (Phi) is 1.28. The Morgan fingerprint density at radius 2 is 1.70 bits per heavy atom. The van der Waals surface area contributed by atoms with Gasteiger partial charge in [0.25, 0.3) is 0 Å². The van der Waals surface area contributed by atoms with Gasteiger partial charge in [-0.05, 0) is 6.07 Å². The summed E-state index contributed by atoms with van der Waals surface area (Å²) in [6.07, 6.45) is -1.70. The first kappa shape index (κ1) is 4.39. The normalized spacial score (nSPS) is 11.6. The summed E-state index contributed by atoms with van der Waals surface area (Å²) in [5.74, 6) is 0. The lowest BCUT2D eigenvalue weighted by atomic mass is 10.2. The Balaban J connectivity index is 3.12. The molecule has 0 saturated carbocycles. The van der Waals surface area contributed by atoms with Crippen LogP contribution >= 0.6 is 0 Å². The summed E-state index contributed by atoms with van der Waals surface area (Å²) in [7, 11) is 0. The van der Waals surface area contributed by atoms with Crippen LogP contribution in [-0.4, -0.2) is 12.5 Å². The van der Waals surface area contributed by atoms with E-state index in [0.29, 0.717) is 0 Å². The molecule has 0 aliphatic heterocycles. The Morgan fingerprint density at radius 3 is 2.10 bits per heavy atom. The van der Waals surface area contributed by atoms with Gasteiger partial charge in [0, 0.05) is 11.1 Å². The van der Waals surface area contributed by atoms with Crippen LogP contribution in [-0.2, 0) is 0 Å². The average molecular weight is 136 g/mol. The molecule has 0 amide bonds. The molecule has 0 radical (unpaired) electrons. The monoisotopic (exact) mass is 136 g/mol. The van der Waals surface area contributed by atoms with Gasteiger partial charge in [-0.15, -0.1) is 0 Å². The molecule has 0 unspecified atom stereocenters. The zero-order valence-corrected chi connectivity index (χ0v) is 5.13. The van der Waals surface area contributed by atoms with Crippen LogP contribution in [0.1, 0.15) is 23.5 Å². The van der Waals surface area contributed by atoms with Crippen LogP contribution in [0.25, 0.3) is 0 Å². The summed E-state index contributed by atoms with van der Waals surface area (Å²) in [5.41, 5.74) is 0.265. The van der Waals surface area contributed by atoms with Crippen LogP contribution < -0.4 is 0 Å². The minimum atomic E-state index is -0.849. The second kappa shape index (κ2) is 2.92. The largest absolute Gasteiger partial charge is 0.298 e. The Morgan fingerprint density at radius 1 is 1.20 bits per heavy atom. The van der Waals surface area contributed by atoms with E-state index in [1.54, 1.807) is 0 Å². The van der Waals surface area contributed by atoms with E-state index in [0.717, 1.165) is 0 Å². The van der Waals surface area contributed by atoms with Gasteiger partial charge in [0.15, 0.2) is 0 Å². The maximum absolute atomic E-state index is 10.5. The van der Waals surface area contributed by atoms with Crippen molar-refractivity contribution >= 4 is 12.5 Å². The molecule has 1 rings (SSSR count). The second-order valence-corrected chi connectivity index (χ2v) is 1.78. The molecule has 10 heavy (non-hydrogen) atoms. The van der Waals surface area contributed by atoms with Crippen molar-refractivity contribution < 1.29 is 12.3 Å². The number of hydrogen-bond acceptors (Lipinski definition) is 2. The molecule has 50 valence electrons. The van der Waals surface area contributed by atoms with Crippen LogP contribution in [0.15, 0.2) is 24.3 Å². The third-order valence-corrected chi connectivity index (χ3v) is 1.10. The highest BCUT2D eigenvalue weighted by atomic mass is 16.1. The van der Waals surface area contributed by atoms with Crippen molar-refractivity contribution in [3.63, 3.8) is 0 Å². The van der Waals surface area contributed by atoms with Gasteiger partial charge in [0.1, 0.15) is 15.3 Å². The summed E-state index contributed by atoms with van der Waals surface area (Å²) in [5, 5.41) is 0. The summed E-state index contributed by atoms with van der Waals surface area (Å²) in [6, 6.07) is 5.58. The average Bonchev–Trinajstić information content (AvgIpc) is 2.04. The lowest BCUT2D eigenvalue weighted by Gasteiger charge is -1.89. The van der Waals surface area contributed by atoms with Gasteiger partial charge < -0.3 is 0 Å². The van der Waals surface area contributed by atoms with Crippen LogP contribution in [0.3, 0.4) is 0 Å². The number of carbonyl (C=O) groups is 2. The topological polar surface area (TPSA) is 34.1 Å². The molecule has 0 fully saturated rings. The van der Waals surface area contributed by atoms with E-state index in [4.69, 9.17) is 2.74 Å². The van der Waals surface area contributed by atoms with E-state index in [1.165, 1.54) is 24.3 Å². The van der Waals surface area contributed by atoms with Gasteiger partial charge in [-0.25, -0.2) is 0 Å². The smallest absolute Gasteiger partial charge is 0.150 e. The molecule has 2 nitrogen and oxygen atoms in total. The van der Waals surface area contributed by atoms with Crippen LogP contribution in [0, 0.1) is 0 Å². The van der Waals surface area contributed by atoms with Gasteiger partial charge in [0.05, 0.1) is 0 Å². The van der Waals surface area contributed by atoms with Crippen molar-refractivity contribution in [2.45, 2.75) is 0 Å². The standard InChI is InChI=1S/C8H6O2/c9-5-7-2-1-3-8(4-7)6-10/h1-6H/i5D,6D. The molecule has 0 aliphatic rings. The summed E-state index contributed by atoms with van der Waals surface area (Å²) in [4.78, 5) is 21.0. The lowest BCUT2D eigenvalue weighted by molar-refractivity contribution is 0.112. The van der Waals surface area contributed by atoms with Crippen LogP contribution in [0.4, 0.5) is 0 Å². The van der Waals surface area contributed by atoms with Gasteiger partial charge in [-0.2, -0.15) is 0 Å². The highest BCUT2D eigenvalue weighted by Gasteiger charge is 1.90. The van der Waals surface area contributed by atoms with Crippen molar-refractivity contribution in [1.29, 1.82) is 0 Å². The van der Waals surface area contributed by atoms with Crippen molar-refractivity contribution in [1.82, 2.24) is 0 Å². The number of benzene rings is 1. The summed E-state index contributed by atoms with van der Waals surface area (Å²) < 4.78 is 13.5. The Bertz CT molecular complexity index is 304. The molecule has 0 bridgehead atoms. The van der Waals surface area contributed by atoms with Gasteiger partial charge in [0.2, 0.25) is 0 Å². The number of carbonyl (C=O) groups excluding carboxylic acids is 2. The van der Waals surface area contributed by atoms with E-state index in [1.807, 2.05) is 0 Å². The first-order valence-electron chi connectivity index (χ1n) is 3.73. The first-order valence-corrected chi connectivity index (χ1v) is 2.73. The van der Waals surface area contributed by atoms with Crippen molar-refractivity contribution in [3.05, 3.63) is 35.4 Å². The van der Waals surface area contributed by atoms with Crippen molar-refractivity contribution in [3.8, 4) is 0 Å². The molecule has 0 atom stereocenters.